The number of amides is 1. The van der Waals surface area contributed by atoms with Gasteiger partial charge in [-0.1, -0.05) is 18.2 Å². The molecule has 4 rings (SSSR count). The number of fused-ring (bicyclic) bond motifs is 2. The fraction of sp³-hybridized carbons (Fsp3) is 0.500. The summed E-state index contributed by atoms with van der Waals surface area (Å²) >= 11 is 0. The molecule has 132 valence electrons. The van der Waals surface area contributed by atoms with Crippen molar-refractivity contribution in [1.82, 2.24) is 9.88 Å². The second-order valence-corrected chi connectivity index (χ2v) is 7.39. The predicted molar refractivity (Wildman–Crippen MR) is 98.5 cm³/mol. The highest BCUT2D eigenvalue weighted by atomic mass is 16.5. The van der Waals surface area contributed by atoms with Crippen LogP contribution in [0.2, 0.25) is 0 Å². The smallest absolute Gasteiger partial charge is 0.222 e. The molecule has 5 heteroatoms. The molecule has 2 aliphatic heterocycles. The van der Waals surface area contributed by atoms with Crippen molar-refractivity contribution in [2.45, 2.75) is 45.3 Å². The van der Waals surface area contributed by atoms with E-state index in [-0.39, 0.29) is 5.60 Å². The Hall–Kier alpha value is -2.14. The molecule has 0 unspecified atom stereocenters. The van der Waals surface area contributed by atoms with E-state index in [1.54, 1.807) is 0 Å². The van der Waals surface area contributed by atoms with Crippen molar-refractivity contribution in [3.8, 4) is 0 Å². The second-order valence-electron chi connectivity index (χ2n) is 7.39. The molecule has 3 heterocycles. The Morgan fingerprint density at radius 1 is 1.32 bits per heavy atom. The van der Waals surface area contributed by atoms with E-state index in [4.69, 9.17) is 9.72 Å². The maximum Gasteiger partial charge on any atom is 0.222 e. The minimum absolute atomic E-state index is 0.297. The zero-order valence-electron chi connectivity index (χ0n) is 15.0. The summed E-state index contributed by atoms with van der Waals surface area (Å²) in [6.45, 7) is 7.32. The van der Waals surface area contributed by atoms with Gasteiger partial charge in [-0.25, -0.2) is 4.98 Å². The molecule has 0 saturated carbocycles. The van der Waals surface area contributed by atoms with Crippen LogP contribution in [0.4, 0.5) is 5.69 Å². The minimum atomic E-state index is -0.349. The van der Waals surface area contributed by atoms with Gasteiger partial charge in [0.1, 0.15) is 5.60 Å². The molecule has 0 atom stereocenters. The van der Waals surface area contributed by atoms with Gasteiger partial charge >= 0.3 is 0 Å². The summed E-state index contributed by atoms with van der Waals surface area (Å²) in [5.41, 5.74) is 3.98. The van der Waals surface area contributed by atoms with E-state index < -0.39 is 0 Å². The molecular formula is C20H25N3O2. The number of pyridine rings is 1. The molecule has 0 spiro atoms. The van der Waals surface area contributed by atoms with Crippen molar-refractivity contribution < 1.29 is 9.53 Å². The fourth-order valence-electron chi connectivity index (χ4n) is 3.84. The lowest BCUT2D eigenvalue weighted by Gasteiger charge is -2.19. The zero-order chi connectivity index (χ0) is 17.4. The molecule has 1 N–H and O–H groups in total. The van der Waals surface area contributed by atoms with E-state index in [1.165, 1.54) is 5.56 Å². The van der Waals surface area contributed by atoms with Gasteiger partial charge in [0.2, 0.25) is 5.91 Å². The minimum Gasteiger partial charge on any atom is -0.384 e. The third-order valence-electron chi connectivity index (χ3n) is 5.22. The highest BCUT2D eigenvalue weighted by Gasteiger charge is 2.35. The maximum absolute atomic E-state index is 11.7. The first-order valence-electron chi connectivity index (χ1n) is 9.14. The first-order chi connectivity index (χ1) is 12.1. The Kier molecular flexibility index (Phi) is 4.12. The van der Waals surface area contributed by atoms with Gasteiger partial charge < -0.3 is 15.0 Å². The van der Waals surface area contributed by atoms with Crippen molar-refractivity contribution >= 4 is 22.5 Å². The average Bonchev–Trinajstić information content (AvgIpc) is 3.14. The van der Waals surface area contributed by atoms with Gasteiger partial charge in [-0.05, 0) is 32.8 Å². The summed E-state index contributed by atoms with van der Waals surface area (Å²) in [6.07, 6.45) is 2.66. The van der Waals surface area contributed by atoms with Crippen molar-refractivity contribution in [3.63, 3.8) is 0 Å². The SMILES string of the molecule is CC1(C)OCc2c1nc1ccccc1c2NCCCN1CCCC1=O. The van der Waals surface area contributed by atoms with Gasteiger partial charge in [0, 0.05) is 37.0 Å². The molecule has 1 amide bonds. The van der Waals surface area contributed by atoms with Crippen LogP contribution in [0, 0.1) is 0 Å². The van der Waals surface area contributed by atoms with Crippen molar-refractivity contribution in [1.29, 1.82) is 0 Å². The van der Waals surface area contributed by atoms with Crippen LogP contribution in [-0.4, -0.2) is 35.4 Å². The number of nitrogens with one attached hydrogen (secondary N) is 1. The van der Waals surface area contributed by atoms with Gasteiger partial charge in [-0.2, -0.15) is 0 Å². The van der Waals surface area contributed by atoms with Gasteiger partial charge in [0.25, 0.3) is 0 Å². The highest BCUT2D eigenvalue weighted by molar-refractivity contribution is 5.93. The normalized spacial score (nSPS) is 18.8. The van der Waals surface area contributed by atoms with Gasteiger partial charge in [-0.3, -0.25) is 4.79 Å². The third-order valence-corrected chi connectivity index (χ3v) is 5.22. The van der Waals surface area contributed by atoms with E-state index in [2.05, 4.69) is 31.3 Å². The van der Waals surface area contributed by atoms with Crippen LogP contribution in [-0.2, 0) is 21.7 Å². The summed E-state index contributed by atoms with van der Waals surface area (Å²) in [6, 6.07) is 8.23. The molecule has 2 aliphatic rings. The number of nitrogens with zero attached hydrogens (tertiary/aromatic N) is 2. The molecule has 1 aromatic carbocycles. The lowest BCUT2D eigenvalue weighted by atomic mass is 9.99. The fourth-order valence-corrected chi connectivity index (χ4v) is 3.84. The number of ether oxygens (including phenoxy) is 1. The summed E-state index contributed by atoms with van der Waals surface area (Å²) < 4.78 is 5.97. The molecule has 1 fully saturated rings. The second kappa shape index (κ2) is 6.30. The molecule has 25 heavy (non-hydrogen) atoms. The average molecular weight is 339 g/mol. The zero-order valence-corrected chi connectivity index (χ0v) is 15.0. The molecular weight excluding hydrogens is 314 g/mol. The Bertz CT molecular complexity index is 816. The van der Waals surface area contributed by atoms with Crippen LogP contribution in [0.5, 0.6) is 0 Å². The van der Waals surface area contributed by atoms with Crippen LogP contribution < -0.4 is 5.32 Å². The number of likely N-dealkylation sites (tertiary alicyclic amines) is 1. The lowest BCUT2D eigenvalue weighted by molar-refractivity contribution is -0.127. The van der Waals surface area contributed by atoms with Crippen LogP contribution in [0.25, 0.3) is 10.9 Å². The van der Waals surface area contributed by atoms with E-state index in [0.29, 0.717) is 18.9 Å². The third kappa shape index (κ3) is 2.97. The molecule has 5 nitrogen and oxygen atoms in total. The summed E-state index contributed by atoms with van der Waals surface area (Å²) in [5.74, 6) is 0.297. The summed E-state index contributed by atoms with van der Waals surface area (Å²) in [4.78, 5) is 18.5. The largest absolute Gasteiger partial charge is 0.384 e. The molecule has 1 saturated heterocycles. The Labute approximate surface area is 148 Å². The number of aromatic nitrogens is 1. The monoisotopic (exact) mass is 339 g/mol. The molecule has 0 bridgehead atoms. The number of carbonyl (C=O) groups is 1. The lowest BCUT2D eigenvalue weighted by Crippen LogP contribution is -2.27. The summed E-state index contributed by atoms with van der Waals surface area (Å²) in [5, 5.41) is 4.75. The Morgan fingerprint density at radius 2 is 2.16 bits per heavy atom. The summed E-state index contributed by atoms with van der Waals surface area (Å²) in [7, 11) is 0. The number of hydrogen-bond donors (Lipinski definition) is 1. The van der Waals surface area contributed by atoms with Crippen LogP contribution >= 0.6 is 0 Å². The molecule has 0 aliphatic carbocycles. The maximum atomic E-state index is 11.7. The van der Waals surface area contributed by atoms with Crippen LogP contribution in [0.15, 0.2) is 24.3 Å². The quantitative estimate of drug-likeness (QED) is 0.848. The molecule has 1 aromatic heterocycles. The van der Waals surface area contributed by atoms with E-state index in [1.807, 2.05) is 17.0 Å². The topological polar surface area (TPSA) is 54.5 Å². The van der Waals surface area contributed by atoms with Crippen molar-refractivity contribution in [2.24, 2.45) is 0 Å². The number of benzene rings is 1. The number of carbonyl (C=O) groups excluding carboxylic acids is 1. The standard InChI is InChI=1S/C20H25N3O2/c1-20(2)19-15(13-25-20)18(14-7-3-4-8-16(14)22-19)21-10-6-12-23-11-5-9-17(23)24/h3-4,7-8H,5-6,9-13H2,1-2H3,(H,21,22). The van der Waals surface area contributed by atoms with E-state index in [0.717, 1.165) is 54.8 Å². The van der Waals surface area contributed by atoms with E-state index >= 15 is 0 Å². The number of anilines is 1. The van der Waals surface area contributed by atoms with Gasteiger partial charge in [-0.15, -0.1) is 0 Å². The van der Waals surface area contributed by atoms with Crippen molar-refractivity contribution in [3.05, 3.63) is 35.5 Å². The predicted octanol–water partition coefficient (Wildman–Crippen LogP) is 3.42. The first-order valence-corrected chi connectivity index (χ1v) is 9.14. The number of hydrogen-bond acceptors (Lipinski definition) is 4. The van der Waals surface area contributed by atoms with Gasteiger partial charge in [0.05, 0.1) is 23.5 Å². The molecule has 0 radical (unpaired) electrons. The Balaban J connectivity index is 1.55. The van der Waals surface area contributed by atoms with Crippen LogP contribution in [0.3, 0.4) is 0 Å². The first kappa shape index (κ1) is 16.3. The van der Waals surface area contributed by atoms with Gasteiger partial charge in [0.15, 0.2) is 0 Å². The Morgan fingerprint density at radius 3 is 2.96 bits per heavy atom. The number of rotatable bonds is 5. The van der Waals surface area contributed by atoms with E-state index in [9.17, 15) is 4.79 Å². The van der Waals surface area contributed by atoms with Crippen LogP contribution in [0.1, 0.15) is 44.4 Å². The number of para-hydroxylation sites is 1. The molecule has 2 aromatic rings. The highest BCUT2D eigenvalue weighted by Crippen LogP contribution is 2.41. The van der Waals surface area contributed by atoms with Crippen molar-refractivity contribution in [2.75, 3.05) is 25.0 Å².